The first-order valence-corrected chi connectivity index (χ1v) is 15.8. The van der Waals surface area contributed by atoms with Crippen molar-refractivity contribution in [3.05, 3.63) is 59.7 Å². The summed E-state index contributed by atoms with van der Waals surface area (Å²) >= 11 is 5.97. The van der Waals surface area contributed by atoms with Gasteiger partial charge in [0.15, 0.2) is 0 Å². The molecule has 0 spiro atoms. The van der Waals surface area contributed by atoms with E-state index in [0.717, 1.165) is 12.8 Å². The molecule has 3 aromatic rings. The number of halogens is 2. The predicted octanol–water partition coefficient (Wildman–Crippen LogP) is 4.56. The molecule has 2 heterocycles. The van der Waals surface area contributed by atoms with Crippen molar-refractivity contribution in [2.75, 3.05) is 64.2 Å². The van der Waals surface area contributed by atoms with Gasteiger partial charge < -0.3 is 24.8 Å². The third-order valence-corrected chi connectivity index (χ3v) is 8.45. The summed E-state index contributed by atoms with van der Waals surface area (Å²) in [5.74, 6) is -0.144. The lowest BCUT2D eigenvalue weighted by atomic mass is 10.1. The lowest BCUT2D eigenvalue weighted by Crippen LogP contribution is -2.51. The Hall–Kier alpha value is -4.33. The Labute approximate surface area is 277 Å². The molecular formula is C33H38ClFN6O6. The first kappa shape index (κ1) is 34.0. The second-order valence-electron chi connectivity index (χ2n) is 11.5. The Bertz CT molecular complexity index is 1610. The van der Waals surface area contributed by atoms with E-state index < -0.39 is 5.82 Å². The first-order chi connectivity index (χ1) is 22.7. The second-order valence-corrected chi connectivity index (χ2v) is 11.9. The number of rotatable bonds is 14. The average molecular weight is 669 g/mol. The van der Waals surface area contributed by atoms with Gasteiger partial charge in [-0.15, -0.1) is 0 Å². The normalized spacial score (nSPS) is 15.6. The molecule has 1 aliphatic heterocycles. The number of aromatic nitrogens is 2. The smallest absolute Gasteiger partial charge is 0.307 e. The van der Waals surface area contributed by atoms with Crippen LogP contribution in [0.1, 0.15) is 25.7 Å². The summed E-state index contributed by atoms with van der Waals surface area (Å²) in [5, 5.41) is 6.70. The van der Waals surface area contributed by atoms with Gasteiger partial charge in [0.25, 0.3) is 0 Å². The van der Waals surface area contributed by atoms with Gasteiger partial charge in [0.2, 0.25) is 5.91 Å². The summed E-state index contributed by atoms with van der Waals surface area (Å²) in [5.41, 5.74) is 1.62. The third kappa shape index (κ3) is 9.60. The molecule has 2 aliphatic rings. The van der Waals surface area contributed by atoms with Crippen LogP contribution in [-0.4, -0.2) is 97.2 Å². The number of ether oxygens (including phenoxy) is 3. The summed E-state index contributed by atoms with van der Waals surface area (Å²) in [6.07, 6.45) is 7.14. The topological polar surface area (TPSA) is 135 Å². The molecule has 47 heavy (non-hydrogen) atoms. The number of benzene rings is 2. The number of nitrogens with zero attached hydrogens (tertiary/aromatic N) is 4. The number of amides is 1. The van der Waals surface area contributed by atoms with E-state index in [2.05, 4.69) is 30.4 Å². The van der Waals surface area contributed by atoms with Crippen LogP contribution in [0.4, 0.5) is 21.6 Å². The van der Waals surface area contributed by atoms with E-state index in [1.807, 2.05) is 0 Å². The standard InChI is InChI=1S/C33H38ClFN6O6/c1-45-31(43)15-23(16-32(44)46-2)41-12-10-40(11-13-41)9-3-4-30(42)39-28-17-24-27(18-29(28)47-19-21-5-6-21)36-20-37-33(24)38-22-7-8-26(35)25(34)14-22/h3-4,7-8,14,17-18,20-21,23H,5-6,9-13,15-16,19H2,1-2H3,(H,39,42)(H,36,37,38)/b4-3+. The van der Waals surface area contributed by atoms with Gasteiger partial charge in [0, 0.05) is 62.0 Å². The van der Waals surface area contributed by atoms with Crippen molar-refractivity contribution in [3.63, 3.8) is 0 Å². The number of hydrogen-bond donors (Lipinski definition) is 2. The van der Waals surface area contributed by atoms with Gasteiger partial charge in [0.1, 0.15) is 23.7 Å². The molecule has 1 amide bonds. The van der Waals surface area contributed by atoms with Crippen LogP contribution in [0.2, 0.25) is 5.02 Å². The van der Waals surface area contributed by atoms with Crippen molar-refractivity contribution >= 4 is 57.5 Å². The Morgan fingerprint density at radius 3 is 2.43 bits per heavy atom. The zero-order valence-electron chi connectivity index (χ0n) is 26.3. The van der Waals surface area contributed by atoms with Crippen molar-refractivity contribution in [2.45, 2.75) is 31.7 Å². The molecule has 0 unspecified atom stereocenters. The van der Waals surface area contributed by atoms with E-state index in [4.69, 9.17) is 25.8 Å². The zero-order valence-corrected chi connectivity index (χ0v) is 27.1. The van der Waals surface area contributed by atoms with Gasteiger partial charge >= 0.3 is 11.9 Å². The van der Waals surface area contributed by atoms with Gasteiger partial charge in [-0.2, -0.15) is 0 Å². The largest absolute Gasteiger partial charge is 0.491 e. The number of fused-ring (bicyclic) bond motifs is 1. The Kier molecular flexibility index (Phi) is 11.6. The van der Waals surface area contributed by atoms with Gasteiger partial charge in [-0.25, -0.2) is 14.4 Å². The molecule has 0 atom stereocenters. The number of hydrogen-bond acceptors (Lipinski definition) is 11. The number of methoxy groups -OCH3 is 2. The van der Waals surface area contributed by atoms with Crippen LogP contribution in [0.5, 0.6) is 5.75 Å². The minimum absolute atomic E-state index is 0.0212. The van der Waals surface area contributed by atoms with Crippen molar-refractivity contribution in [1.82, 2.24) is 19.8 Å². The van der Waals surface area contributed by atoms with E-state index in [1.54, 1.807) is 24.3 Å². The summed E-state index contributed by atoms with van der Waals surface area (Å²) < 4.78 is 29.4. The van der Waals surface area contributed by atoms with Crippen LogP contribution in [-0.2, 0) is 23.9 Å². The molecular weight excluding hydrogens is 631 g/mol. The van der Waals surface area contributed by atoms with Crippen LogP contribution in [0.3, 0.4) is 0 Å². The number of carbonyl (C=O) groups excluding carboxylic acids is 3. The van der Waals surface area contributed by atoms with E-state index in [1.165, 1.54) is 38.8 Å². The number of esters is 2. The van der Waals surface area contributed by atoms with Crippen molar-refractivity contribution in [2.24, 2.45) is 5.92 Å². The van der Waals surface area contributed by atoms with Gasteiger partial charge in [-0.1, -0.05) is 17.7 Å². The molecule has 0 radical (unpaired) electrons. The summed E-state index contributed by atoms with van der Waals surface area (Å²) in [4.78, 5) is 49.9. The average Bonchev–Trinajstić information content (AvgIpc) is 3.90. The van der Waals surface area contributed by atoms with Crippen LogP contribution in [0, 0.1) is 11.7 Å². The van der Waals surface area contributed by atoms with E-state index in [-0.39, 0.29) is 41.8 Å². The third-order valence-electron chi connectivity index (χ3n) is 8.16. The first-order valence-electron chi connectivity index (χ1n) is 15.4. The monoisotopic (exact) mass is 668 g/mol. The van der Waals surface area contributed by atoms with Crippen LogP contribution in [0.15, 0.2) is 48.8 Å². The minimum atomic E-state index is -0.526. The van der Waals surface area contributed by atoms with E-state index >= 15 is 0 Å². The second kappa shape index (κ2) is 16.0. The number of nitrogens with one attached hydrogen (secondary N) is 2. The summed E-state index contributed by atoms with van der Waals surface area (Å²) in [6.45, 7) is 3.79. The molecule has 1 aliphatic carbocycles. The van der Waals surface area contributed by atoms with Gasteiger partial charge in [0.05, 0.1) is 49.9 Å². The van der Waals surface area contributed by atoms with Crippen molar-refractivity contribution < 1.29 is 33.0 Å². The Morgan fingerprint density at radius 1 is 1.04 bits per heavy atom. The Morgan fingerprint density at radius 2 is 1.77 bits per heavy atom. The van der Waals surface area contributed by atoms with Crippen LogP contribution in [0.25, 0.3) is 10.9 Å². The highest BCUT2D eigenvalue weighted by Gasteiger charge is 2.28. The summed E-state index contributed by atoms with van der Waals surface area (Å²) in [7, 11) is 2.66. The maximum absolute atomic E-state index is 13.7. The molecule has 14 heteroatoms. The highest BCUT2D eigenvalue weighted by atomic mass is 35.5. The molecule has 1 saturated heterocycles. The number of piperazine rings is 1. The molecule has 2 N–H and O–H groups in total. The van der Waals surface area contributed by atoms with E-state index in [9.17, 15) is 18.8 Å². The maximum atomic E-state index is 13.7. The molecule has 250 valence electrons. The highest BCUT2D eigenvalue weighted by molar-refractivity contribution is 6.31. The lowest BCUT2D eigenvalue weighted by Gasteiger charge is -2.38. The lowest BCUT2D eigenvalue weighted by molar-refractivity contribution is -0.145. The zero-order chi connectivity index (χ0) is 33.3. The molecule has 1 saturated carbocycles. The minimum Gasteiger partial charge on any atom is -0.491 e. The SMILES string of the molecule is COC(=O)CC(CC(=O)OC)N1CCN(C/C=C/C(=O)Nc2cc3c(Nc4ccc(F)c(Cl)c4)ncnc3cc2OCC2CC2)CC1. The molecule has 5 rings (SSSR count). The number of anilines is 3. The van der Waals surface area contributed by atoms with E-state index in [0.29, 0.717) is 79.1 Å². The predicted molar refractivity (Wildman–Crippen MR) is 175 cm³/mol. The fourth-order valence-electron chi connectivity index (χ4n) is 5.28. The fourth-order valence-corrected chi connectivity index (χ4v) is 5.46. The molecule has 2 fully saturated rings. The van der Waals surface area contributed by atoms with Gasteiger partial charge in [-0.3, -0.25) is 24.2 Å². The van der Waals surface area contributed by atoms with Crippen molar-refractivity contribution in [3.8, 4) is 5.75 Å². The fraction of sp³-hybridized carbons (Fsp3) is 0.424. The molecule has 12 nitrogen and oxygen atoms in total. The van der Waals surface area contributed by atoms with Crippen LogP contribution >= 0.6 is 11.6 Å². The maximum Gasteiger partial charge on any atom is 0.307 e. The van der Waals surface area contributed by atoms with Gasteiger partial charge in [-0.05, 0) is 43.0 Å². The molecule has 0 bridgehead atoms. The van der Waals surface area contributed by atoms with Crippen LogP contribution < -0.4 is 15.4 Å². The molecule has 1 aromatic heterocycles. The number of carbonyl (C=O) groups is 3. The quantitative estimate of drug-likeness (QED) is 0.185. The molecule has 2 aromatic carbocycles. The highest BCUT2D eigenvalue weighted by Crippen LogP contribution is 2.36. The summed E-state index contributed by atoms with van der Waals surface area (Å²) in [6, 6.07) is 7.52. The van der Waals surface area contributed by atoms with Crippen molar-refractivity contribution in [1.29, 1.82) is 0 Å². The Balaban J connectivity index is 1.23.